The molecule has 1 heterocycles. The van der Waals surface area contributed by atoms with E-state index in [1.165, 1.54) is 58.3 Å². The number of fused-ring (bicyclic) bond motifs is 1. The first-order chi connectivity index (χ1) is 22.0. The minimum absolute atomic E-state index is 0.0416. The molecule has 0 amide bonds. The van der Waals surface area contributed by atoms with E-state index in [-0.39, 0.29) is 11.7 Å². The molecular weight excluding hydrogens is 627 g/mol. The smallest absolute Gasteiger partial charge is 0.300 e. The van der Waals surface area contributed by atoms with Gasteiger partial charge in [0.15, 0.2) is 29.1 Å². The van der Waals surface area contributed by atoms with Crippen molar-refractivity contribution in [2.24, 2.45) is 11.8 Å². The van der Waals surface area contributed by atoms with Gasteiger partial charge in [-0.2, -0.15) is 28.6 Å². The van der Waals surface area contributed by atoms with Crippen LogP contribution in [0.3, 0.4) is 0 Å². The lowest BCUT2D eigenvalue weighted by atomic mass is 9.88. The van der Waals surface area contributed by atoms with Gasteiger partial charge in [0, 0.05) is 17.0 Å². The van der Waals surface area contributed by atoms with Crippen LogP contribution < -0.4 is 0 Å². The zero-order valence-corrected chi connectivity index (χ0v) is 28.8. The SMILES string of the molecule is CC(=O)c1ccc2n[nH]nc2c1.CCCC.CCCCC(CCC)CCC(C)C(C)=O.CCc1c(F)c(F)c(C(F)(F)F)c(F)c1F. The Morgan fingerprint density at radius 3 is 1.72 bits per heavy atom. The second-order valence-corrected chi connectivity index (χ2v) is 11.4. The van der Waals surface area contributed by atoms with Gasteiger partial charge in [-0.15, -0.1) is 0 Å². The number of nitrogens with one attached hydrogen (secondary N) is 1. The first kappa shape index (κ1) is 43.7. The summed E-state index contributed by atoms with van der Waals surface area (Å²) in [5.74, 6) is -7.32. The standard InChI is InChI=1S/C14H28O.C9H5F7.C8H7N3O.C4H10/c1-5-7-9-14(8-6-2)11-10-12(3)13(4)15;1-2-3-5(10)7(12)4(9(14,15)16)8(13)6(3)11;1-5(12)6-2-3-7-8(4-6)10-11-9-7;1-3-4-2/h12,14H,5-11H2,1-4H3;2H2,1H3;2-4H,1H3,(H,9,10,11);3-4H2,1-2H3. The predicted octanol–water partition coefficient (Wildman–Crippen LogP) is 11.4. The second kappa shape index (κ2) is 22.3. The molecule has 2 aromatic carbocycles. The summed E-state index contributed by atoms with van der Waals surface area (Å²) in [5.41, 5.74) is -1.41. The van der Waals surface area contributed by atoms with E-state index < -0.39 is 47.0 Å². The number of nitrogens with zero attached hydrogens (tertiary/aromatic N) is 2. The van der Waals surface area contributed by atoms with E-state index in [0.717, 1.165) is 30.3 Å². The lowest BCUT2D eigenvalue weighted by Gasteiger charge is -2.17. The van der Waals surface area contributed by atoms with Gasteiger partial charge in [0.05, 0.1) is 0 Å². The van der Waals surface area contributed by atoms with Crippen molar-refractivity contribution in [3.8, 4) is 0 Å². The molecule has 1 N–H and O–H groups in total. The normalized spacial score (nSPS) is 12.1. The molecule has 0 aliphatic rings. The number of H-pyrrole nitrogens is 1. The number of benzene rings is 2. The van der Waals surface area contributed by atoms with Crippen LogP contribution in [0.5, 0.6) is 0 Å². The Balaban J connectivity index is 0.000000642. The summed E-state index contributed by atoms with van der Waals surface area (Å²) < 4.78 is 87.9. The van der Waals surface area contributed by atoms with Gasteiger partial charge >= 0.3 is 6.18 Å². The van der Waals surface area contributed by atoms with E-state index >= 15 is 0 Å². The highest BCUT2D eigenvalue weighted by Gasteiger charge is 2.41. The van der Waals surface area contributed by atoms with Gasteiger partial charge in [0.2, 0.25) is 0 Å². The average Bonchev–Trinajstić information content (AvgIpc) is 3.50. The summed E-state index contributed by atoms with van der Waals surface area (Å²) in [5, 5.41) is 10.2. The zero-order chi connectivity index (χ0) is 36.3. The minimum atomic E-state index is -5.48. The molecule has 1 aromatic heterocycles. The molecule has 0 aliphatic heterocycles. The van der Waals surface area contributed by atoms with Gasteiger partial charge in [0.1, 0.15) is 22.4 Å². The van der Waals surface area contributed by atoms with Crippen molar-refractivity contribution in [2.75, 3.05) is 0 Å². The Bertz CT molecular complexity index is 1340. The van der Waals surface area contributed by atoms with E-state index in [0.29, 0.717) is 11.3 Å². The number of rotatable bonds is 12. The fourth-order valence-corrected chi connectivity index (χ4v) is 4.32. The van der Waals surface area contributed by atoms with Crippen LogP contribution in [0.1, 0.15) is 135 Å². The number of unbranched alkanes of at least 4 members (excludes halogenated alkanes) is 2. The molecule has 0 radical (unpaired) electrons. The Labute approximate surface area is 274 Å². The van der Waals surface area contributed by atoms with Crippen molar-refractivity contribution in [2.45, 2.75) is 126 Å². The third-order valence-corrected chi connectivity index (χ3v) is 7.58. The molecule has 0 spiro atoms. The average molecular weight is 678 g/mol. The Morgan fingerprint density at radius 1 is 0.745 bits per heavy atom. The number of Topliss-reactive ketones (excluding diaryl/α,β-unsaturated/α-hetero) is 2. The van der Waals surface area contributed by atoms with Gasteiger partial charge in [-0.05, 0) is 57.2 Å². The number of aromatic amines is 1. The molecule has 2 atom stereocenters. The van der Waals surface area contributed by atoms with Crippen LogP contribution in [0, 0.1) is 35.1 Å². The highest BCUT2D eigenvalue weighted by molar-refractivity contribution is 5.97. The molecule has 3 aromatic rings. The van der Waals surface area contributed by atoms with Crippen LogP contribution in [0.2, 0.25) is 0 Å². The molecule has 266 valence electrons. The topological polar surface area (TPSA) is 75.7 Å². The molecule has 5 nitrogen and oxygen atoms in total. The lowest BCUT2D eigenvalue weighted by molar-refractivity contribution is -0.143. The van der Waals surface area contributed by atoms with Crippen molar-refractivity contribution in [1.29, 1.82) is 0 Å². The number of hydrogen-bond donors (Lipinski definition) is 1. The summed E-state index contributed by atoms with van der Waals surface area (Å²) in [7, 11) is 0. The van der Waals surface area contributed by atoms with Crippen LogP contribution in [-0.2, 0) is 17.4 Å². The highest BCUT2D eigenvalue weighted by Crippen LogP contribution is 2.37. The summed E-state index contributed by atoms with van der Waals surface area (Å²) in [4.78, 5) is 22.1. The maximum Gasteiger partial charge on any atom is 0.422 e. The molecule has 0 bridgehead atoms. The zero-order valence-electron chi connectivity index (χ0n) is 28.8. The number of aromatic nitrogens is 3. The molecule has 2 unspecified atom stereocenters. The number of carbonyl (C=O) groups excluding carboxylic acids is 2. The molecule has 0 aliphatic carbocycles. The third-order valence-electron chi connectivity index (χ3n) is 7.58. The fraction of sp³-hybridized carbons (Fsp3) is 0.600. The number of alkyl halides is 3. The summed E-state index contributed by atoms with van der Waals surface area (Å²) in [6, 6.07) is 5.24. The first-order valence-electron chi connectivity index (χ1n) is 16.3. The molecule has 0 saturated heterocycles. The molecule has 3 rings (SSSR count). The number of carbonyl (C=O) groups is 2. The predicted molar refractivity (Wildman–Crippen MR) is 172 cm³/mol. The molecule has 0 fully saturated rings. The van der Waals surface area contributed by atoms with Gasteiger partial charge in [-0.25, -0.2) is 17.6 Å². The Kier molecular flexibility index (Phi) is 20.7. The van der Waals surface area contributed by atoms with Crippen molar-refractivity contribution in [3.63, 3.8) is 0 Å². The van der Waals surface area contributed by atoms with E-state index in [4.69, 9.17) is 0 Å². The van der Waals surface area contributed by atoms with E-state index in [2.05, 4.69) is 50.0 Å². The van der Waals surface area contributed by atoms with Crippen molar-refractivity contribution in [3.05, 3.63) is 58.2 Å². The van der Waals surface area contributed by atoms with Crippen molar-refractivity contribution < 1.29 is 40.3 Å². The molecule has 12 heteroatoms. The van der Waals surface area contributed by atoms with E-state index in [1.807, 2.05) is 0 Å². The summed E-state index contributed by atoms with van der Waals surface area (Å²) in [6.45, 7) is 15.3. The number of halogens is 7. The second-order valence-electron chi connectivity index (χ2n) is 11.4. The minimum Gasteiger partial charge on any atom is -0.300 e. The number of ketones is 2. The van der Waals surface area contributed by atoms with Gasteiger partial charge in [0.25, 0.3) is 0 Å². The van der Waals surface area contributed by atoms with Crippen LogP contribution in [-0.4, -0.2) is 27.0 Å². The summed E-state index contributed by atoms with van der Waals surface area (Å²) >= 11 is 0. The Morgan fingerprint density at radius 2 is 1.30 bits per heavy atom. The molecular formula is C35H50F7N3O2. The van der Waals surface area contributed by atoms with Crippen molar-refractivity contribution >= 4 is 22.6 Å². The maximum absolute atomic E-state index is 13.0. The lowest BCUT2D eigenvalue weighted by Crippen LogP contribution is -2.16. The van der Waals surface area contributed by atoms with E-state index in [9.17, 15) is 40.3 Å². The van der Waals surface area contributed by atoms with Crippen LogP contribution in [0.25, 0.3) is 11.0 Å². The maximum atomic E-state index is 13.0. The monoisotopic (exact) mass is 677 g/mol. The quantitative estimate of drug-likeness (QED) is 0.118. The van der Waals surface area contributed by atoms with Gasteiger partial charge in [-0.3, -0.25) is 9.59 Å². The van der Waals surface area contributed by atoms with Gasteiger partial charge < -0.3 is 0 Å². The Hall–Kier alpha value is -3.31. The third kappa shape index (κ3) is 15.0. The van der Waals surface area contributed by atoms with E-state index in [1.54, 1.807) is 25.1 Å². The highest BCUT2D eigenvalue weighted by atomic mass is 19.4. The van der Waals surface area contributed by atoms with Crippen molar-refractivity contribution in [1.82, 2.24) is 15.4 Å². The van der Waals surface area contributed by atoms with Gasteiger partial charge in [-0.1, -0.05) is 86.5 Å². The first-order valence-corrected chi connectivity index (χ1v) is 16.3. The molecule has 0 saturated carbocycles. The largest absolute Gasteiger partial charge is 0.422 e. The number of hydrogen-bond acceptors (Lipinski definition) is 4. The van der Waals surface area contributed by atoms with Crippen LogP contribution in [0.15, 0.2) is 18.2 Å². The van der Waals surface area contributed by atoms with Crippen LogP contribution in [0.4, 0.5) is 30.7 Å². The molecule has 47 heavy (non-hydrogen) atoms. The fourth-order valence-electron chi connectivity index (χ4n) is 4.32. The van der Waals surface area contributed by atoms with Crippen LogP contribution >= 0.6 is 0 Å². The summed E-state index contributed by atoms with van der Waals surface area (Å²) in [6.07, 6.45) is 5.65.